The van der Waals surface area contributed by atoms with Gasteiger partial charge in [-0.15, -0.1) is 0 Å². The molecule has 1 rings (SSSR count). The van der Waals surface area contributed by atoms with Gasteiger partial charge in [0.25, 0.3) is 0 Å². The van der Waals surface area contributed by atoms with Crippen LogP contribution < -0.4 is 10.0 Å². The van der Waals surface area contributed by atoms with Crippen LogP contribution in [0.2, 0.25) is 0 Å². The van der Waals surface area contributed by atoms with Crippen LogP contribution in [0.1, 0.15) is 11.1 Å². The standard InChI is InChI=1S/C11H15N3O2S/c1-9-3-4-10(8-12)7-11(9)17(15,16)14-6-5-13-2/h3-4,7,13-14H,5-6H2,1-2H3. The van der Waals surface area contributed by atoms with Crippen LogP contribution in [0.25, 0.3) is 0 Å². The Kier molecular flexibility index (Phi) is 4.63. The Morgan fingerprint density at radius 2 is 2.06 bits per heavy atom. The highest BCUT2D eigenvalue weighted by atomic mass is 32.2. The number of benzene rings is 1. The Hall–Kier alpha value is -1.42. The van der Waals surface area contributed by atoms with Crippen molar-refractivity contribution in [3.8, 4) is 6.07 Å². The van der Waals surface area contributed by atoms with E-state index in [0.29, 0.717) is 24.2 Å². The summed E-state index contributed by atoms with van der Waals surface area (Å²) in [7, 11) is -1.79. The maximum Gasteiger partial charge on any atom is 0.240 e. The van der Waals surface area contributed by atoms with E-state index in [1.165, 1.54) is 6.07 Å². The first-order valence-electron chi connectivity index (χ1n) is 5.16. The highest BCUT2D eigenvalue weighted by molar-refractivity contribution is 7.89. The van der Waals surface area contributed by atoms with E-state index in [0.717, 1.165) is 0 Å². The Morgan fingerprint density at radius 3 is 2.65 bits per heavy atom. The van der Waals surface area contributed by atoms with Crippen molar-refractivity contribution in [3.05, 3.63) is 29.3 Å². The van der Waals surface area contributed by atoms with Crippen molar-refractivity contribution < 1.29 is 8.42 Å². The lowest BCUT2D eigenvalue weighted by Gasteiger charge is -2.09. The summed E-state index contributed by atoms with van der Waals surface area (Å²) in [4.78, 5) is 0.160. The number of nitrogens with one attached hydrogen (secondary N) is 2. The molecule has 1 aromatic carbocycles. The number of nitrogens with zero attached hydrogens (tertiary/aromatic N) is 1. The molecule has 92 valence electrons. The maximum atomic E-state index is 11.9. The Balaban J connectivity index is 3.02. The fraction of sp³-hybridized carbons (Fsp3) is 0.364. The zero-order valence-corrected chi connectivity index (χ0v) is 10.6. The van der Waals surface area contributed by atoms with Gasteiger partial charge in [-0.25, -0.2) is 13.1 Å². The van der Waals surface area contributed by atoms with E-state index < -0.39 is 10.0 Å². The third kappa shape index (κ3) is 3.53. The smallest absolute Gasteiger partial charge is 0.240 e. The fourth-order valence-corrected chi connectivity index (χ4v) is 2.65. The molecule has 6 heteroatoms. The van der Waals surface area contributed by atoms with Crippen molar-refractivity contribution in [2.24, 2.45) is 0 Å². The minimum Gasteiger partial charge on any atom is -0.318 e. The van der Waals surface area contributed by atoms with Gasteiger partial charge in [0.2, 0.25) is 10.0 Å². The molecular formula is C11H15N3O2S. The van der Waals surface area contributed by atoms with Crippen molar-refractivity contribution in [2.45, 2.75) is 11.8 Å². The molecule has 0 aliphatic carbocycles. The van der Waals surface area contributed by atoms with Gasteiger partial charge in [-0.2, -0.15) is 5.26 Å². The Morgan fingerprint density at radius 1 is 1.35 bits per heavy atom. The normalized spacial score (nSPS) is 11.1. The second-order valence-electron chi connectivity index (χ2n) is 3.59. The van der Waals surface area contributed by atoms with Crippen molar-refractivity contribution in [2.75, 3.05) is 20.1 Å². The van der Waals surface area contributed by atoms with E-state index in [1.54, 1.807) is 26.1 Å². The molecule has 0 heterocycles. The average Bonchev–Trinajstić information content (AvgIpc) is 2.29. The Labute approximate surface area is 102 Å². The third-order valence-corrected chi connectivity index (χ3v) is 3.88. The van der Waals surface area contributed by atoms with Crippen LogP contribution in [0.3, 0.4) is 0 Å². The molecule has 0 aliphatic rings. The molecule has 0 saturated heterocycles. The largest absolute Gasteiger partial charge is 0.318 e. The van der Waals surface area contributed by atoms with Gasteiger partial charge >= 0.3 is 0 Å². The zero-order chi connectivity index (χ0) is 12.9. The summed E-state index contributed by atoms with van der Waals surface area (Å²) in [5, 5.41) is 11.6. The SMILES string of the molecule is CNCCNS(=O)(=O)c1cc(C#N)ccc1C. The summed E-state index contributed by atoms with van der Waals surface area (Å²) < 4.78 is 26.4. The van der Waals surface area contributed by atoms with Crippen molar-refractivity contribution in [1.29, 1.82) is 5.26 Å². The first kappa shape index (κ1) is 13.6. The molecule has 0 fully saturated rings. The van der Waals surface area contributed by atoms with Gasteiger partial charge in [-0.3, -0.25) is 0 Å². The lowest BCUT2D eigenvalue weighted by Crippen LogP contribution is -2.30. The quantitative estimate of drug-likeness (QED) is 0.743. The van der Waals surface area contributed by atoms with Gasteiger partial charge in [0.05, 0.1) is 16.5 Å². The van der Waals surface area contributed by atoms with Crippen LogP contribution in [-0.4, -0.2) is 28.6 Å². The molecule has 0 aromatic heterocycles. The summed E-state index contributed by atoms with van der Waals surface area (Å²) in [5.41, 5.74) is 0.963. The summed E-state index contributed by atoms with van der Waals surface area (Å²) >= 11 is 0. The van der Waals surface area contributed by atoms with Crippen LogP contribution in [0.15, 0.2) is 23.1 Å². The molecule has 5 nitrogen and oxygen atoms in total. The minimum absolute atomic E-state index is 0.160. The number of rotatable bonds is 5. The molecule has 0 radical (unpaired) electrons. The van der Waals surface area contributed by atoms with Crippen LogP contribution in [-0.2, 0) is 10.0 Å². The van der Waals surface area contributed by atoms with Crippen LogP contribution in [0.4, 0.5) is 0 Å². The molecule has 17 heavy (non-hydrogen) atoms. The highest BCUT2D eigenvalue weighted by Crippen LogP contribution is 2.16. The van der Waals surface area contributed by atoms with Gasteiger partial charge in [-0.05, 0) is 31.7 Å². The molecule has 0 unspecified atom stereocenters. The molecule has 2 N–H and O–H groups in total. The number of likely N-dealkylation sites (N-methyl/N-ethyl adjacent to an activating group) is 1. The first-order valence-corrected chi connectivity index (χ1v) is 6.64. The third-order valence-electron chi connectivity index (χ3n) is 2.27. The van der Waals surface area contributed by atoms with Crippen LogP contribution in [0.5, 0.6) is 0 Å². The number of hydrogen-bond acceptors (Lipinski definition) is 4. The molecular weight excluding hydrogens is 238 g/mol. The summed E-state index contributed by atoms with van der Waals surface area (Å²) in [6.07, 6.45) is 0. The van der Waals surface area contributed by atoms with E-state index in [-0.39, 0.29) is 4.90 Å². The number of aryl methyl sites for hydroxylation is 1. The maximum absolute atomic E-state index is 11.9. The van der Waals surface area contributed by atoms with Gasteiger partial charge in [0.15, 0.2) is 0 Å². The summed E-state index contributed by atoms with van der Waals surface area (Å²) in [5.74, 6) is 0. The predicted molar refractivity (Wildman–Crippen MR) is 65.0 cm³/mol. The molecule has 1 aromatic rings. The lowest BCUT2D eigenvalue weighted by atomic mass is 10.2. The van der Waals surface area contributed by atoms with Gasteiger partial charge in [0.1, 0.15) is 0 Å². The lowest BCUT2D eigenvalue weighted by molar-refractivity contribution is 0.579. The molecule has 0 bridgehead atoms. The van der Waals surface area contributed by atoms with Crippen LogP contribution >= 0.6 is 0 Å². The zero-order valence-electron chi connectivity index (χ0n) is 9.82. The van der Waals surface area contributed by atoms with Gasteiger partial charge in [0, 0.05) is 13.1 Å². The van der Waals surface area contributed by atoms with Crippen molar-refractivity contribution >= 4 is 10.0 Å². The molecule has 0 amide bonds. The van der Waals surface area contributed by atoms with E-state index in [1.807, 2.05) is 6.07 Å². The van der Waals surface area contributed by atoms with Crippen LogP contribution in [0, 0.1) is 18.3 Å². The second kappa shape index (κ2) is 5.77. The molecule has 0 saturated carbocycles. The monoisotopic (exact) mass is 253 g/mol. The first-order chi connectivity index (χ1) is 8.01. The van der Waals surface area contributed by atoms with E-state index >= 15 is 0 Å². The van der Waals surface area contributed by atoms with E-state index in [2.05, 4.69) is 10.0 Å². The summed E-state index contributed by atoms with van der Waals surface area (Å²) in [6.45, 7) is 2.57. The number of sulfonamides is 1. The Bertz CT molecular complexity index is 532. The average molecular weight is 253 g/mol. The predicted octanol–water partition coefficient (Wildman–Crippen LogP) is 0.364. The molecule has 0 aliphatic heterocycles. The highest BCUT2D eigenvalue weighted by Gasteiger charge is 2.16. The topological polar surface area (TPSA) is 82.0 Å². The molecule has 0 atom stereocenters. The van der Waals surface area contributed by atoms with Crippen molar-refractivity contribution in [1.82, 2.24) is 10.0 Å². The van der Waals surface area contributed by atoms with E-state index in [9.17, 15) is 8.42 Å². The summed E-state index contributed by atoms with van der Waals surface area (Å²) in [6, 6.07) is 6.54. The fourth-order valence-electron chi connectivity index (χ4n) is 1.35. The molecule has 0 spiro atoms. The minimum atomic E-state index is -3.54. The van der Waals surface area contributed by atoms with Gasteiger partial charge < -0.3 is 5.32 Å². The van der Waals surface area contributed by atoms with E-state index in [4.69, 9.17) is 5.26 Å². The number of nitriles is 1. The van der Waals surface area contributed by atoms with Crippen molar-refractivity contribution in [3.63, 3.8) is 0 Å². The second-order valence-corrected chi connectivity index (χ2v) is 5.33. The van der Waals surface area contributed by atoms with Gasteiger partial charge in [-0.1, -0.05) is 6.07 Å². The number of hydrogen-bond donors (Lipinski definition) is 2.